The Morgan fingerprint density at radius 3 is 2.70 bits per heavy atom. The topological polar surface area (TPSA) is 81.1 Å². The van der Waals surface area contributed by atoms with E-state index in [-0.39, 0.29) is 11.9 Å². The van der Waals surface area contributed by atoms with E-state index in [0.717, 1.165) is 29.8 Å². The zero-order valence-corrected chi connectivity index (χ0v) is 16.9. The number of para-hydroxylation sites is 1. The van der Waals surface area contributed by atoms with Crippen molar-refractivity contribution < 1.29 is 9.53 Å². The van der Waals surface area contributed by atoms with Crippen molar-refractivity contribution >= 4 is 17.5 Å². The second-order valence-electron chi connectivity index (χ2n) is 7.23. The summed E-state index contributed by atoms with van der Waals surface area (Å²) < 4.78 is 7.51. The molecule has 154 valence electrons. The van der Waals surface area contributed by atoms with Gasteiger partial charge in [-0.1, -0.05) is 50.3 Å². The molecule has 2 heterocycles. The SMILES string of the molecule is C=C1Nc2ncnn2[C@H](c2ccc(OCCCC)cc2)[C@H]1C(=O)Nc1ccccc1. The van der Waals surface area contributed by atoms with Crippen LogP contribution in [0, 0.1) is 5.92 Å². The van der Waals surface area contributed by atoms with Gasteiger partial charge in [0.15, 0.2) is 0 Å². The Balaban J connectivity index is 1.63. The maximum atomic E-state index is 13.2. The second-order valence-corrected chi connectivity index (χ2v) is 7.23. The van der Waals surface area contributed by atoms with Gasteiger partial charge in [0, 0.05) is 11.4 Å². The number of anilines is 2. The number of fused-ring (bicyclic) bond motifs is 1. The minimum absolute atomic E-state index is 0.159. The number of carbonyl (C=O) groups is 1. The van der Waals surface area contributed by atoms with Gasteiger partial charge in [0.25, 0.3) is 0 Å². The van der Waals surface area contributed by atoms with Crippen LogP contribution < -0.4 is 15.4 Å². The van der Waals surface area contributed by atoms with E-state index in [1.807, 2.05) is 54.6 Å². The monoisotopic (exact) mass is 403 g/mol. The number of carbonyl (C=O) groups excluding carboxylic acids is 1. The van der Waals surface area contributed by atoms with E-state index in [4.69, 9.17) is 4.74 Å². The van der Waals surface area contributed by atoms with Gasteiger partial charge in [0.2, 0.25) is 11.9 Å². The molecule has 2 atom stereocenters. The van der Waals surface area contributed by atoms with Crippen LogP contribution in [0.15, 0.2) is 73.2 Å². The summed E-state index contributed by atoms with van der Waals surface area (Å²) in [5, 5.41) is 10.5. The zero-order valence-electron chi connectivity index (χ0n) is 16.9. The Bertz CT molecular complexity index is 1010. The van der Waals surface area contributed by atoms with Crippen LogP contribution in [0.3, 0.4) is 0 Å². The fourth-order valence-electron chi connectivity index (χ4n) is 3.57. The summed E-state index contributed by atoms with van der Waals surface area (Å²) in [7, 11) is 0. The first kappa shape index (κ1) is 19.7. The summed E-state index contributed by atoms with van der Waals surface area (Å²) in [6.07, 6.45) is 3.57. The third-order valence-corrected chi connectivity index (χ3v) is 5.11. The van der Waals surface area contributed by atoms with Gasteiger partial charge in [-0.05, 0) is 36.2 Å². The van der Waals surface area contributed by atoms with Crippen LogP contribution in [-0.4, -0.2) is 27.3 Å². The van der Waals surface area contributed by atoms with Crippen LogP contribution in [0.4, 0.5) is 11.6 Å². The van der Waals surface area contributed by atoms with Crippen LogP contribution in [0.25, 0.3) is 0 Å². The highest BCUT2D eigenvalue weighted by molar-refractivity contribution is 5.95. The molecule has 0 unspecified atom stereocenters. The molecule has 0 saturated carbocycles. The number of rotatable bonds is 7. The van der Waals surface area contributed by atoms with Crippen molar-refractivity contribution in [3.63, 3.8) is 0 Å². The molecule has 1 aliphatic rings. The molecule has 0 radical (unpaired) electrons. The number of hydrogen-bond donors (Lipinski definition) is 2. The van der Waals surface area contributed by atoms with Crippen molar-refractivity contribution in [2.75, 3.05) is 17.2 Å². The molecule has 1 aliphatic heterocycles. The number of ether oxygens (including phenoxy) is 1. The van der Waals surface area contributed by atoms with Crippen molar-refractivity contribution in [2.45, 2.75) is 25.8 Å². The molecule has 0 saturated heterocycles. The third-order valence-electron chi connectivity index (χ3n) is 5.11. The Labute approximate surface area is 175 Å². The molecule has 7 nitrogen and oxygen atoms in total. The Morgan fingerprint density at radius 1 is 1.20 bits per heavy atom. The quantitative estimate of drug-likeness (QED) is 0.577. The Kier molecular flexibility index (Phi) is 5.79. The average Bonchev–Trinajstić information content (AvgIpc) is 3.22. The Hall–Kier alpha value is -3.61. The number of nitrogens with one attached hydrogen (secondary N) is 2. The van der Waals surface area contributed by atoms with E-state index in [1.165, 1.54) is 6.33 Å². The van der Waals surface area contributed by atoms with Gasteiger partial charge in [-0.25, -0.2) is 4.68 Å². The molecular formula is C23H25N5O2. The second kappa shape index (κ2) is 8.82. The highest BCUT2D eigenvalue weighted by Gasteiger charge is 2.39. The lowest BCUT2D eigenvalue weighted by atomic mass is 9.88. The van der Waals surface area contributed by atoms with Crippen LogP contribution in [0.2, 0.25) is 0 Å². The minimum Gasteiger partial charge on any atom is -0.494 e. The van der Waals surface area contributed by atoms with Gasteiger partial charge in [-0.15, -0.1) is 0 Å². The van der Waals surface area contributed by atoms with Crippen LogP contribution in [-0.2, 0) is 4.79 Å². The van der Waals surface area contributed by atoms with E-state index in [0.29, 0.717) is 18.3 Å². The number of unbranched alkanes of at least 4 members (excludes halogenated alkanes) is 1. The van der Waals surface area contributed by atoms with Crippen LogP contribution in [0.5, 0.6) is 5.75 Å². The lowest BCUT2D eigenvalue weighted by molar-refractivity contribution is -0.119. The summed E-state index contributed by atoms with van der Waals surface area (Å²) >= 11 is 0. The molecule has 0 aliphatic carbocycles. The van der Waals surface area contributed by atoms with Gasteiger partial charge in [-0.3, -0.25) is 4.79 Å². The molecule has 7 heteroatoms. The molecule has 1 amide bonds. The number of aromatic nitrogens is 3. The predicted octanol–water partition coefficient (Wildman–Crippen LogP) is 4.24. The molecule has 2 N–H and O–H groups in total. The molecule has 1 aromatic heterocycles. The molecular weight excluding hydrogens is 378 g/mol. The molecule has 4 rings (SSSR count). The van der Waals surface area contributed by atoms with Crippen LogP contribution in [0.1, 0.15) is 31.4 Å². The summed E-state index contributed by atoms with van der Waals surface area (Å²) in [5.74, 6) is 0.653. The van der Waals surface area contributed by atoms with Gasteiger partial charge >= 0.3 is 0 Å². The van der Waals surface area contributed by atoms with E-state index in [9.17, 15) is 4.79 Å². The number of hydrogen-bond acceptors (Lipinski definition) is 5. The fraction of sp³-hybridized carbons (Fsp3) is 0.261. The highest BCUT2D eigenvalue weighted by atomic mass is 16.5. The van der Waals surface area contributed by atoms with Crippen molar-refractivity contribution in [3.8, 4) is 5.75 Å². The molecule has 2 aromatic carbocycles. The maximum absolute atomic E-state index is 13.2. The summed E-state index contributed by atoms with van der Waals surface area (Å²) in [4.78, 5) is 17.5. The third kappa shape index (κ3) is 4.05. The first-order valence-electron chi connectivity index (χ1n) is 10.1. The van der Waals surface area contributed by atoms with Crippen LogP contribution >= 0.6 is 0 Å². The molecule has 0 fully saturated rings. The molecule has 0 spiro atoms. The average molecular weight is 403 g/mol. The first-order valence-corrected chi connectivity index (χ1v) is 10.1. The van der Waals surface area contributed by atoms with E-state index in [1.54, 1.807) is 4.68 Å². The lowest BCUT2D eigenvalue weighted by Gasteiger charge is -2.33. The van der Waals surface area contributed by atoms with Gasteiger partial charge in [0.05, 0.1) is 12.6 Å². The fourth-order valence-corrected chi connectivity index (χ4v) is 3.57. The number of nitrogens with zero attached hydrogens (tertiary/aromatic N) is 3. The molecule has 3 aromatic rings. The minimum atomic E-state index is -0.564. The van der Waals surface area contributed by atoms with Crippen molar-refractivity contribution in [1.29, 1.82) is 0 Å². The van der Waals surface area contributed by atoms with E-state index < -0.39 is 5.92 Å². The summed E-state index contributed by atoms with van der Waals surface area (Å²) in [6, 6.07) is 16.8. The first-order chi connectivity index (χ1) is 14.7. The lowest BCUT2D eigenvalue weighted by Crippen LogP contribution is -2.39. The summed E-state index contributed by atoms with van der Waals surface area (Å²) in [5.41, 5.74) is 2.25. The van der Waals surface area contributed by atoms with Gasteiger partial charge in [0.1, 0.15) is 18.0 Å². The predicted molar refractivity (Wildman–Crippen MR) is 116 cm³/mol. The molecule has 0 bridgehead atoms. The van der Waals surface area contributed by atoms with Crippen molar-refractivity contribution in [3.05, 3.63) is 78.8 Å². The van der Waals surface area contributed by atoms with Gasteiger partial charge in [-0.2, -0.15) is 10.1 Å². The van der Waals surface area contributed by atoms with E-state index in [2.05, 4.69) is 34.2 Å². The standard InChI is InChI=1S/C23H25N5O2/c1-3-4-14-30-19-12-10-17(11-13-19)21-20(16(2)26-23-24-15-25-28(21)23)22(29)27-18-8-6-5-7-9-18/h5-13,15,20-21H,2-4,14H2,1H3,(H,27,29)(H,24,25,26)/t20-,21+/m0/s1. The van der Waals surface area contributed by atoms with Crippen molar-refractivity contribution in [2.24, 2.45) is 5.92 Å². The zero-order chi connectivity index (χ0) is 20.9. The molecule has 30 heavy (non-hydrogen) atoms. The summed E-state index contributed by atoms with van der Waals surface area (Å²) in [6.45, 7) is 6.92. The van der Waals surface area contributed by atoms with Gasteiger partial charge < -0.3 is 15.4 Å². The smallest absolute Gasteiger partial charge is 0.235 e. The Morgan fingerprint density at radius 2 is 1.97 bits per heavy atom. The highest BCUT2D eigenvalue weighted by Crippen LogP contribution is 2.38. The van der Waals surface area contributed by atoms with Crippen molar-refractivity contribution in [1.82, 2.24) is 14.8 Å². The maximum Gasteiger partial charge on any atom is 0.235 e. The number of amides is 1. The number of benzene rings is 2. The van der Waals surface area contributed by atoms with E-state index >= 15 is 0 Å². The normalized spacial score (nSPS) is 17.7. The largest absolute Gasteiger partial charge is 0.494 e.